The van der Waals surface area contributed by atoms with Crippen molar-refractivity contribution in [3.63, 3.8) is 0 Å². The zero-order chi connectivity index (χ0) is 15.4. The molecule has 114 valence electrons. The minimum atomic E-state index is -0.647. The second-order valence-corrected chi connectivity index (χ2v) is 5.19. The van der Waals surface area contributed by atoms with Crippen LogP contribution in [0.25, 0.3) is 0 Å². The number of methoxy groups -OCH3 is 1. The molecule has 1 aliphatic carbocycles. The lowest BCUT2D eigenvalue weighted by atomic mass is 9.88. The number of hydrogen-bond donors (Lipinski definition) is 0. The van der Waals surface area contributed by atoms with E-state index in [2.05, 4.69) is 16.6 Å². The smallest absolute Gasteiger partial charge is 0.356 e. The van der Waals surface area contributed by atoms with Crippen molar-refractivity contribution in [2.75, 3.05) is 7.11 Å². The Morgan fingerprint density at radius 1 is 1.38 bits per heavy atom. The minimum absolute atomic E-state index is 0.00145. The van der Waals surface area contributed by atoms with Crippen molar-refractivity contribution in [1.82, 2.24) is 4.98 Å². The molecule has 1 aliphatic rings. The molecule has 1 heterocycles. The first-order chi connectivity index (χ1) is 10.0. The van der Waals surface area contributed by atoms with Gasteiger partial charge in [0.1, 0.15) is 6.10 Å². The second-order valence-electron chi connectivity index (χ2n) is 5.19. The van der Waals surface area contributed by atoms with Crippen LogP contribution in [0.3, 0.4) is 0 Å². The molecule has 0 radical (unpaired) electrons. The summed E-state index contributed by atoms with van der Waals surface area (Å²) in [6.45, 7) is 2.06. The zero-order valence-electron chi connectivity index (χ0n) is 12.1. The molecule has 21 heavy (non-hydrogen) atoms. The van der Waals surface area contributed by atoms with E-state index in [9.17, 15) is 14.9 Å². The summed E-state index contributed by atoms with van der Waals surface area (Å²) in [7, 11) is 1.23. The van der Waals surface area contributed by atoms with Crippen molar-refractivity contribution >= 4 is 11.7 Å². The van der Waals surface area contributed by atoms with Crippen LogP contribution in [0.4, 0.5) is 5.69 Å². The summed E-state index contributed by atoms with van der Waals surface area (Å²) in [4.78, 5) is 26.0. The van der Waals surface area contributed by atoms with E-state index in [0.717, 1.165) is 25.7 Å². The number of rotatable bonds is 4. The molecule has 7 nitrogen and oxygen atoms in total. The van der Waals surface area contributed by atoms with Gasteiger partial charge in [-0.25, -0.2) is 9.78 Å². The summed E-state index contributed by atoms with van der Waals surface area (Å²) in [5, 5.41) is 11.1. The van der Waals surface area contributed by atoms with Crippen molar-refractivity contribution in [3.8, 4) is 5.88 Å². The Kier molecular flexibility index (Phi) is 4.72. The molecule has 2 unspecified atom stereocenters. The molecule has 0 saturated heterocycles. The second kappa shape index (κ2) is 6.51. The van der Waals surface area contributed by atoms with E-state index < -0.39 is 10.9 Å². The van der Waals surface area contributed by atoms with Crippen LogP contribution >= 0.6 is 0 Å². The van der Waals surface area contributed by atoms with Crippen LogP contribution in [0.15, 0.2) is 12.1 Å². The zero-order valence-corrected chi connectivity index (χ0v) is 12.1. The number of carbonyl (C=O) groups is 1. The van der Waals surface area contributed by atoms with Crippen LogP contribution in [-0.2, 0) is 4.74 Å². The minimum Gasteiger partial charge on any atom is -0.469 e. The van der Waals surface area contributed by atoms with Gasteiger partial charge in [-0.1, -0.05) is 13.3 Å². The van der Waals surface area contributed by atoms with Gasteiger partial charge < -0.3 is 9.47 Å². The summed E-state index contributed by atoms with van der Waals surface area (Å²) in [6.07, 6.45) is 3.91. The topological polar surface area (TPSA) is 91.6 Å². The van der Waals surface area contributed by atoms with Gasteiger partial charge in [0.05, 0.1) is 12.0 Å². The third-order valence-corrected chi connectivity index (χ3v) is 3.73. The van der Waals surface area contributed by atoms with Crippen LogP contribution in [0, 0.1) is 16.0 Å². The highest BCUT2D eigenvalue weighted by molar-refractivity contribution is 5.87. The quantitative estimate of drug-likeness (QED) is 0.481. The summed E-state index contributed by atoms with van der Waals surface area (Å²) < 4.78 is 10.3. The SMILES string of the molecule is COC(=O)c1ccc([N+](=O)[O-])c(OC2CCCCC2C)n1. The lowest BCUT2D eigenvalue weighted by Crippen LogP contribution is -2.29. The van der Waals surface area contributed by atoms with Gasteiger partial charge in [-0.15, -0.1) is 0 Å². The molecule has 1 saturated carbocycles. The van der Waals surface area contributed by atoms with Gasteiger partial charge in [0, 0.05) is 6.07 Å². The van der Waals surface area contributed by atoms with Crippen LogP contribution in [0.2, 0.25) is 0 Å². The molecule has 2 atom stereocenters. The van der Waals surface area contributed by atoms with Crippen molar-refractivity contribution in [2.24, 2.45) is 5.92 Å². The predicted molar refractivity (Wildman–Crippen MR) is 74.3 cm³/mol. The molecule has 0 N–H and O–H groups in total. The van der Waals surface area contributed by atoms with Gasteiger partial charge in [0.25, 0.3) is 5.88 Å². The molecule has 0 spiro atoms. The Morgan fingerprint density at radius 3 is 2.71 bits per heavy atom. The lowest BCUT2D eigenvalue weighted by molar-refractivity contribution is -0.386. The first-order valence-corrected chi connectivity index (χ1v) is 6.93. The number of carbonyl (C=O) groups excluding carboxylic acids is 1. The maximum absolute atomic E-state index is 11.5. The highest BCUT2D eigenvalue weighted by Gasteiger charge is 2.28. The molecule has 0 aliphatic heterocycles. The van der Waals surface area contributed by atoms with E-state index in [-0.39, 0.29) is 23.4 Å². The fraction of sp³-hybridized carbons (Fsp3) is 0.571. The Bertz CT molecular complexity index is 546. The predicted octanol–water partition coefficient (Wildman–Crippen LogP) is 2.73. The Morgan fingerprint density at radius 2 is 2.10 bits per heavy atom. The average molecular weight is 294 g/mol. The highest BCUT2D eigenvalue weighted by Crippen LogP contribution is 2.31. The lowest BCUT2D eigenvalue weighted by Gasteiger charge is -2.28. The van der Waals surface area contributed by atoms with Crippen molar-refractivity contribution in [3.05, 3.63) is 27.9 Å². The average Bonchev–Trinajstić information content (AvgIpc) is 2.48. The highest BCUT2D eigenvalue weighted by atomic mass is 16.6. The van der Waals surface area contributed by atoms with Crippen LogP contribution in [-0.4, -0.2) is 29.1 Å². The Hall–Kier alpha value is -2.18. The van der Waals surface area contributed by atoms with E-state index in [0.29, 0.717) is 5.92 Å². The summed E-state index contributed by atoms with van der Waals surface area (Å²) in [5.74, 6) is -0.449. The molecular formula is C14H18N2O5. The van der Waals surface area contributed by atoms with Crippen molar-refractivity contribution in [2.45, 2.75) is 38.7 Å². The Labute approximate surface area is 122 Å². The Balaban J connectivity index is 2.29. The van der Waals surface area contributed by atoms with Crippen molar-refractivity contribution < 1.29 is 19.2 Å². The van der Waals surface area contributed by atoms with Crippen LogP contribution in [0.5, 0.6) is 5.88 Å². The van der Waals surface area contributed by atoms with Gasteiger partial charge >= 0.3 is 11.7 Å². The molecule has 0 bridgehead atoms. The van der Waals surface area contributed by atoms with E-state index >= 15 is 0 Å². The third-order valence-electron chi connectivity index (χ3n) is 3.73. The van der Waals surface area contributed by atoms with Crippen LogP contribution in [0.1, 0.15) is 43.1 Å². The third kappa shape index (κ3) is 3.48. The van der Waals surface area contributed by atoms with Crippen molar-refractivity contribution in [1.29, 1.82) is 0 Å². The molecule has 1 aromatic heterocycles. The summed E-state index contributed by atoms with van der Waals surface area (Å²) >= 11 is 0. The number of esters is 1. The molecule has 2 rings (SSSR count). The number of nitrogens with zero attached hydrogens (tertiary/aromatic N) is 2. The largest absolute Gasteiger partial charge is 0.469 e. The molecule has 1 fully saturated rings. The number of aromatic nitrogens is 1. The van der Waals surface area contributed by atoms with Gasteiger partial charge in [-0.3, -0.25) is 10.1 Å². The maximum atomic E-state index is 11.5. The van der Waals surface area contributed by atoms with E-state index in [1.54, 1.807) is 0 Å². The summed E-state index contributed by atoms with van der Waals surface area (Å²) in [6, 6.07) is 2.49. The number of hydrogen-bond acceptors (Lipinski definition) is 6. The molecule has 1 aromatic rings. The standard InChI is InChI=1S/C14H18N2O5/c1-9-5-3-4-6-12(9)21-13-11(16(18)19)8-7-10(15-13)14(17)20-2/h7-9,12H,3-6H2,1-2H3. The number of pyridine rings is 1. The van der Waals surface area contributed by atoms with E-state index in [1.165, 1.54) is 19.2 Å². The van der Waals surface area contributed by atoms with Gasteiger partial charge in [-0.05, 0) is 31.2 Å². The molecule has 7 heteroatoms. The van der Waals surface area contributed by atoms with E-state index in [1.807, 2.05) is 0 Å². The number of ether oxygens (including phenoxy) is 2. The monoisotopic (exact) mass is 294 g/mol. The normalized spacial score (nSPS) is 21.6. The summed E-state index contributed by atoms with van der Waals surface area (Å²) in [5.41, 5.74) is -0.234. The van der Waals surface area contributed by atoms with Crippen LogP contribution < -0.4 is 4.74 Å². The van der Waals surface area contributed by atoms with Gasteiger partial charge in [0.2, 0.25) is 0 Å². The van der Waals surface area contributed by atoms with Gasteiger partial charge in [-0.2, -0.15) is 0 Å². The first-order valence-electron chi connectivity index (χ1n) is 6.93. The maximum Gasteiger partial charge on any atom is 0.356 e. The number of nitro groups is 1. The molecular weight excluding hydrogens is 276 g/mol. The van der Waals surface area contributed by atoms with E-state index in [4.69, 9.17) is 4.74 Å². The molecule has 0 aromatic carbocycles. The fourth-order valence-electron chi connectivity index (χ4n) is 2.48. The van der Waals surface area contributed by atoms with Gasteiger partial charge in [0.15, 0.2) is 5.69 Å². The molecule has 0 amide bonds. The first kappa shape index (κ1) is 15.2. The fourth-order valence-corrected chi connectivity index (χ4v) is 2.48.